The average molecular weight is 510 g/mol. The van der Waals surface area contributed by atoms with E-state index in [-0.39, 0.29) is 18.3 Å². The summed E-state index contributed by atoms with van der Waals surface area (Å²) in [5.74, 6) is 0.132. The Morgan fingerprint density at radius 2 is 2.06 bits per heavy atom. The second kappa shape index (κ2) is 9.03. The summed E-state index contributed by atoms with van der Waals surface area (Å²) in [5, 5.41) is 12.3. The molecule has 1 fully saturated rings. The first-order valence-corrected chi connectivity index (χ1v) is 13.5. The first-order chi connectivity index (χ1) is 16.8. The number of hydrogen-bond acceptors (Lipinski definition) is 8. The third-order valence-electron chi connectivity index (χ3n) is 6.38. The van der Waals surface area contributed by atoms with Gasteiger partial charge in [-0.1, -0.05) is 17.8 Å². The molecule has 1 amide bonds. The molecular weight excluding hydrogens is 486 g/mol. The van der Waals surface area contributed by atoms with Crippen LogP contribution in [0.2, 0.25) is 0 Å². The molecule has 5 rings (SSSR count). The zero-order valence-corrected chi connectivity index (χ0v) is 20.9. The molecule has 1 aliphatic heterocycles. The van der Waals surface area contributed by atoms with Crippen LogP contribution in [0.25, 0.3) is 11.1 Å². The van der Waals surface area contributed by atoms with Crippen LogP contribution in [0.1, 0.15) is 51.4 Å². The Balaban J connectivity index is 1.40. The molecule has 1 saturated carbocycles. The molecule has 0 unspecified atom stereocenters. The second-order valence-corrected chi connectivity index (χ2v) is 11.9. The van der Waals surface area contributed by atoms with Gasteiger partial charge in [0, 0.05) is 27.9 Å². The number of rotatable bonds is 6. The Hall–Kier alpha value is -3.33. The number of aromatic nitrogens is 2. The third-order valence-corrected chi connectivity index (χ3v) is 9.67. The molecule has 0 radical (unpaired) electrons. The van der Waals surface area contributed by atoms with Crippen molar-refractivity contribution in [3.63, 3.8) is 0 Å². The molecule has 180 valence electrons. The van der Waals surface area contributed by atoms with Gasteiger partial charge in [0.25, 0.3) is 5.91 Å². The monoisotopic (exact) mass is 509 g/mol. The molecule has 1 N–H and O–H groups in total. The van der Waals surface area contributed by atoms with Gasteiger partial charge in [-0.2, -0.15) is 9.57 Å². The summed E-state index contributed by atoms with van der Waals surface area (Å²) in [6.07, 6.45) is 3.88. The fourth-order valence-electron chi connectivity index (χ4n) is 4.24. The number of ether oxygens (including phenoxy) is 1. The molecular formula is C24H23N5O4S2. The zero-order valence-electron chi connectivity index (χ0n) is 19.2. The van der Waals surface area contributed by atoms with E-state index in [0.717, 1.165) is 24.1 Å². The quantitative estimate of drug-likeness (QED) is 0.535. The van der Waals surface area contributed by atoms with Crippen LogP contribution in [0.5, 0.6) is 5.75 Å². The number of pyridine rings is 1. The van der Waals surface area contributed by atoms with E-state index >= 15 is 0 Å². The van der Waals surface area contributed by atoms with Crippen molar-refractivity contribution in [2.45, 2.75) is 44.5 Å². The number of hydrogen-bond donors (Lipinski definition) is 1. The van der Waals surface area contributed by atoms with Gasteiger partial charge in [0.15, 0.2) is 5.13 Å². The van der Waals surface area contributed by atoms with Crippen molar-refractivity contribution >= 4 is 32.4 Å². The van der Waals surface area contributed by atoms with E-state index < -0.39 is 15.9 Å². The first kappa shape index (κ1) is 23.4. The highest BCUT2D eigenvalue weighted by molar-refractivity contribution is 7.89. The van der Waals surface area contributed by atoms with Gasteiger partial charge in [-0.15, -0.1) is 0 Å². The van der Waals surface area contributed by atoms with Crippen LogP contribution in [-0.4, -0.2) is 41.0 Å². The van der Waals surface area contributed by atoms with Gasteiger partial charge in [-0.3, -0.25) is 15.1 Å². The highest BCUT2D eigenvalue weighted by Gasteiger charge is 2.40. The maximum atomic E-state index is 13.3. The minimum absolute atomic E-state index is 0.232. The van der Waals surface area contributed by atoms with Crippen molar-refractivity contribution in [2.24, 2.45) is 0 Å². The topological polar surface area (TPSA) is 125 Å². The van der Waals surface area contributed by atoms with Crippen molar-refractivity contribution in [3.8, 4) is 22.9 Å². The molecule has 9 nitrogen and oxygen atoms in total. The van der Waals surface area contributed by atoms with Crippen molar-refractivity contribution in [2.75, 3.05) is 12.4 Å². The number of aryl methyl sites for hydroxylation is 1. The van der Waals surface area contributed by atoms with E-state index in [0.29, 0.717) is 44.5 Å². The van der Waals surface area contributed by atoms with Crippen LogP contribution in [-0.2, 0) is 23.1 Å². The fraction of sp³-hybridized carbons (Fsp3) is 0.333. The van der Waals surface area contributed by atoms with E-state index in [9.17, 15) is 18.5 Å². The van der Waals surface area contributed by atoms with Gasteiger partial charge < -0.3 is 4.74 Å². The summed E-state index contributed by atoms with van der Waals surface area (Å²) in [6, 6.07) is 8.92. The van der Waals surface area contributed by atoms with Crippen LogP contribution in [0.15, 0.2) is 30.5 Å². The van der Waals surface area contributed by atoms with E-state index in [4.69, 9.17) is 4.74 Å². The van der Waals surface area contributed by atoms with Crippen molar-refractivity contribution in [3.05, 3.63) is 57.9 Å². The second-order valence-electron chi connectivity index (χ2n) is 8.61. The number of sulfonamides is 1. The van der Waals surface area contributed by atoms with Gasteiger partial charge in [0.2, 0.25) is 10.0 Å². The Kier molecular flexibility index (Phi) is 6.04. The van der Waals surface area contributed by atoms with Crippen molar-refractivity contribution < 1.29 is 17.9 Å². The van der Waals surface area contributed by atoms with Gasteiger partial charge in [0.05, 0.1) is 48.3 Å². The molecule has 3 aromatic rings. The Labute approximate surface area is 207 Å². The molecule has 0 spiro atoms. The molecule has 1 aliphatic carbocycles. The summed E-state index contributed by atoms with van der Waals surface area (Å²) in [4.78, 5) is 22.9. The van der Waals surface area contributed by atoms with Gasteiger partial charge in [-0.25, -0.2) is 13.4 Å². The summed E-state index contributed by atoms with van der Waals surface area (Å²) in [7, 11) is -1.77. The number of amides is 1. The van der Waals surface area contributed by atoms with E-state index in [1.165, 1.54) is 28.9 Å². The van der Waals surface area contributed by atoms with E-state index in [1.54, 1.807) is 24.3 Å². The van der Waals surface area contributed by atoms with Gasteiger partial charge in [-0.05, 0) is 44.0 Å². The highest BCUT2D eigenvalue weighted by atomic mass is 32.2. The third kappa shape index (κ3) is 4.29. The fourth-order valence-corrected chi connectivity index (χ4v) is 7.27. The molecule has 1 aromatic carbocycles. The number of methoxy groups -OCH3 is 1. The molecule has 2 aromatic heterocycles. The maximum Gasteiger partial charge on any atom is 0.259 e. The maximum absolute atomic E-state index is 13.3. The molecule has 0 saturated heterocycles. The largest absolute Gasteiger partial charge is 0.496 e. The predicted octanol–water partition coefficient (Wildman–Crippen LogP) is 3.84. The smallest absolute Gasteiger partial charge is 0.259 e. The number of nitrogens with zero attached hydrogens (tertiary/aromatic N) is 4. The molecule has 0 atom stereocenters. The lowest BCUT2D eigenvalue weighted by Gasteiger charge is -2.29. The van der Waals surface area contributed by atoms with E-state index in [1.807, 2.05) is 6.92 Å². The Morgan fingerprint density at radius 3 is 2.71 bits per heavy atom. The molecule has 11 heteroatoms. The number of thiazole rings is 1. The Morgan fingerprint density at radius 1 is 1.26 bits per heavy atom. The number of nitriles is 1. The van der Waals surface area contributed by atoms with Crippen LogP contribution in [0.3, 0.4) is 0 Å². The number of fused-ring (bicyclic) bond motifs is 1. The average Bonchev–Trinajstić information content (AvgIpc) is 3.36. The lowest BCUT2D eigenvalue weighted by atomic mass is 9.97. The number of carbonyl (C=O) groups is 1. The number of carbonyl (C=O) groups excluding carboxylic acids is 1. The lowest BCUT2D eigenvalue weighted by molar-refractivity contribution is 0.102. The van der Waals surface area contributed by atoms with Gasteiger partial charge >= 0.3 is 0 Å². The molecule has 0 bridgehead atoms. The number of benzene rings is 1. The summed E-state index contributed by atoms with van der Waals surface area (Å²) in [5.41, 5.74) is 3.35. The first-order valence-electron chi connectivity index (χ1n) is 11.1. The van der Waals surface area contributed by atoms with Crippen molar-refractivity contribution in [1.82, 2.24) is 14.3 Å². The van der Waals surface area contributed by atoms with Crippen LogP contribution < -0.4 is 10.1 Å². The highest BCUT2D eigenvalue weighted by Crippen LogP contribution is 2.38. The molecule has 2 aliphatic rings. The predicted molar refractivity (Wildman–Crippen MR) is 132 cm³/mol. The van der Waals surface area contributed by atoms with Crippen molar-refractivity contribution in [1.29, 1.82) is 5.26 Å². The molecule has 3 heterocycles. The lowest BCUT2D eigenvalue weighted by Crippen LogP contribution is -2.39. The summed E-state index contributed by atoms with van der Waals surface area (Å²) < 4.78 is 32.4. The SMILES string of the molecule is COc1ccc(C#N)cc1-c1cc(C)ncc1C(=O)Nc1nc2c(s1)CN(S(=O)(=O)C1CCC1)C2. The summed E-state index contributed by atoms with van der Waals surface area (Å²) >= 11 is 1.28. The minimum atomic E-state index is -3.30. The van der Waals surface area contributed by atoms with E-state index in [2.05, 4.69) is 21.4 Å². The van der Waals surface area contributed by atoms with Crippen LogP contribution >= 0.6 is 11.3 Å². The number of nitrogens with one attached hydrogen (secondary N) is 1. The minimum Gasteiger partial charge on any atom is -0.496 e. The summed E-state index contributed by atoms with van der Waals surface area (Å²) in [6.45, 7) is 2.34. The van der Waals surface area contributed by atoms with Crippen LogP contribution in [0.4, 0.5) is 5.13 Å². The van der Waals surface area contributed by atoms with Gasteiger partial charge in [0.1, 0.15) is 5.75 Å². The normalized spacial score (nSPS) is 15.8. The zero-order chi connectivity index (χ0) is 24.7. The standard InChI is InChI=1S/C24H23N5O4S2/c1-14-8-17(18-9-15(10-25)6-7-21(18)33-2)19(11-26-14)23(30)28-24-27-20-12-29(13-22(20)34-24)35(31,32)16-4-3-5-16/h6-9,11,16H,3-5,12-13H2,1-2H3,(H,27,28,30). The Bertz CT molecular complexity index is 1450. The molecule has 35 heavy (non-hydrogen) atoms. The number of anilines is 1. The van der Waals surface area contributed by atoms with Crippen LogP contribution in [0, 0.1) is 18.3 Å².